The molecule has 0 aliphatic carbocycles. The van der Waals surface area contributed by atoms with Crippen LogP contribution in [0.15, 0.2) is 46.6 Å². The predicted molar refractivity (Wildman–Crippen MR) is 70.3 cm³/mol. The second kappa shape index (κ2) is 3.82. The van der Waals surface area contributed by atoms with E-state index in [9.17, 15) is 4.79 Å². The van der Waals surface area contributed by atoms with Crippen LogP contribution in [0.3, 0.4) is 0 Å². The molecule has 4 heteroatoms. The van der Waals surface area contributed by atoms with Crippen LogP contribution in [0.25, 0.3) is 21.3 Å². The van der Waals surface area contributed by atoms with Crippen molar-refractivity contribution in [3.63, 3.8) is 0 Å². The normalized spacial score (nSPS) is 10.9. The second-order valence-corrected chi connectivity index (χ2v) is 4.75. The average Bonchev–Trinajstić information content (AvgIpc) is 2.87. The van der Waals surface area contributed by atoms with Gasteiger partial charge in [0.15, 0.2) is 0 Å². The molecule has 3 nitrogen and oxygen atoms in total. The predicted octanol–water partition coefficient (Wildman–Crippen LogP) is 2.66. The zero-order valence-corrected chi connectivity index (χ0v) is 10.1. The molecule has 2 heterocycles. The standard InChI is InChI=1S/C13H10N2OS/c1-15-13(16)10-6-3-2-5-9(10)12(14-15)11-7-4-8-17-11/h2-8H,1H3. The van der Waals surface area contributed by atoms with Gasteiger partial charge in [-0.15, -0.1) is 11.3 Å². The van der Waals surface area contributed by atoms with Crippen molar-refractivity contribution in [2.75, 3.05) is 0 Å². The van der Waals surface area contributed by atoms with E-state index in [-0.39, 0.29) is 5.56 Å². The molecule has 0 aliphatic heterocycles. The summed E-state index contributed by atoms with van der Waals surface area (Å²) >= 11 is 1.63. The van der Waals surface area contributed by atoms with Crippen LogP contribution in [-0.2, 0) is 7.05 Å². The molecule has 0 unspecified atom stereocenters. The van der Waals surface area contributed by atoms with E-state index in [2.05, 4.69) is 5.10 Å². The third-order valence-corrected chi connectivity index (χ3v) is 3.59. The van der Waals surface area contributed by atoms with Crippen molar-refractivity contribution in [1.82, 2.24) is 9.78 Å². The molecule has 3 aromatic rings. The Morgan fingerprint density at radius 3 is 2.59 bits per heavy atom. The third-order valence-electron chi connectivity index (χ3n) is 2.71. The lowest BCUT2D eigenvalue weighted by Crippen LogP contribution is -2.20. The molecule has 84 valence electrons. The van der Waals surface area contributed by atoms with Crippen molar-refractivity contribution in [2.45, 2.75) is 0 Å². The summed E-state index contributed by atoms with van der Waals surface area (Å²) in [4.78, 5) is 13.0. The molecular weight excluding hydrogens is 232 g/mol. The number of benzene rings is 1. The first-order valence-electron chi connectivity index (χ1n) is 5.27. The third kappa shape index (κ3) is 1.57. The maximum atomic E-state index is 12.0. The average molecular weight is 242 g/mol. The lowest BCUT2D eigenvalue weighted by atomic mass is 10.1. The molecule has 2 aromatic heterocycles. The van der Waals surface area contributed by atoms with Crippen molar-refractivity contribution in [3.8, 4) is 10.6 Å². The molecule has 0 bridgehead atoms. The van der Waals surface area contributed by atoms with E-state index in [0.29, 0.717) is 5.39 Å². The first kappa shape index (κ1) is 10.2. The molecule has 0 N–H and O–H groups in total. The van der Waals surface area contributed by atoms with E-state index in [4.69, 9.17) is 0 Å². The van der Waals surface area contributed by atoms with Gasteiger partial charge in [-0.1, -0.05) is 24.3 Å². The highest BCUT2D eigenvalue weighted by molar-refractivity contribution is 7.13. The number of hydrogen-bond donors (Lipinski definition) is 0. The lowest BCUT2D eigenvalue weighted by Gasteiger charge is -2.05. The maximum Gasteiger partial charge on any atom is 0.274 e. The summed E-state index contributed by atoms with van der Waals surface area (Å²) in [5, 5.41) is 8.00. The Kier molecular flexibility index (Phi) is 2.30. The van der Waals surface area contributed by atoms with Crippen LogP contribution in [0, 0.1) is 0 Å². The number of fused-ring (bicyclic) bond motifs is 1. The number of aryl methyl sites for hydroxylation is 1. The van der Waals surface area contributed by atoms with Gasteiger partial charge in [-0.05, 0) is 17.5 Å². The number of aromatic nitrogens is 2. The summed E-state index contributed by atoms with van der Waals surface area (Å²) < 4.78 is 1.40. The number of nitrogens with zero attached hydrogens (tertiary/aromatic N) is 2. The second-order valence-electron chi connectivity index (χ2n) is 3.80. The quantitative estimate of drug-likeness (QED) is 0.657. The van der Waals surface area contributed by atoms with E-state index >= 15 is 0 Å². The largest absolute Gasteiger partial charge is 0.274 e. The molecule has 0 saturated carbocycles. The summed E-state index contributed by atoms with van der Waals surface area (Å²) in [6.07, 6.45) is 0. The topological polar surface area (TPSA) is 34.9 Å². The van der Waals surface area contributed by atoms with Gasteiger partial charge in [0.1, 0.15) is 5.69 Å². The minimum Gasteiger partial charge on any atom is -0.267 e. The molecule has 0 amide bonds. The highest BCUT2D eigenvalue weighted by Gasteiger charge is 2.10. The number of rotatable bonds is 1. The van der Waals surface area contributed by atoms with Crippen LogP contribution in [0.1, 0.15) is 0 Å². The van der Waals surface area contributed by atoms with Gasteiger partial charge in [-0.2, -0.15) is 5.10 Å². The van der Waals surface area contributed by atoms with Crippen molar-refractivity contribution in [2.24, 2.45) is 7.05 Å². The van der Waals surface area contributed by atoms with E-state index in [0.717, 1.165) is 16.0 Å². The fraction of sp³-hybridized carbons (Fsp3) is 0.0769. The van der Waals surface area contributed by atoms with Crippen LogP contribution >= 0.6 is 11.3 Å². The smallest absolute Gasteiger partial charge is 0.267 e. The summed E-state index contributed by atoms with van der Waals surface area (Å²) in [5.41, 5.74) is 0.818. The first-order valence-corrected chi connectivity index (χ1v) is 6.15. The van der Waals surface area contributed by atoms with E-state index in [1.165, 1.54) is 4.68 Å². The Bertz CT molecular complexity index is 729. The van der Waals surface area contributed by atoms with Crippen molar-refractivity contribution in [3.05, 3.63) is 52.1 Å². The molecule has 0 atom stereocenters. The Hall–Kier alpha value is -1.94. The van der Waals surface area contributed by atoms with Crippen LogP contribution < -0.4 is 5.56 Å². The van der Waals surface area contributed by atoms with Crippen LogP contribution in [0.5, 0.6) is 0 Å². The summed E-state index contributed by atoms with van der Waals surface area (Å²) in [6, 6.07) is 11.6. The van der Waals surface area contributed by atoms with Crippen molar-refractivity contribution < 1.29 is 0 Å². The summed E-state index contributed by atoms with van der Waals surface area (Å²) in [5.74, 6) is 0. The highest BCUT2D eigenvalue weighted by atomic mass is 32.1. The molecule has 17 heavy (non-hydrogen) atoms. The van der Waals surface area contributed by atoms with Gasteiger partial charge in [0.2, 0.25) is 0 Å². The van der Waals surface area contributed by atoms with Gasteiger partial charge in [0.05, 0.1) is 10.3 Å². The van der Waals surface area contributed by atoms with Crippen molar-refractivity contribution >= 4 is 22.1 Å². The first-order chi connectivity index (χ1) is 8.27. The monoisotopic (exact) mass is 242 g/mol. The molecular formula is C13H10N2OS. The Balaban J connectivity index is 2.48. The summed E-state index contributed by atoms with van der Waals surface area (Å²) in [6.45, 7) is 0. The molecule has 0 radical (unpaired) electrons. The van der Waals surface area contributed by atoms with Gasteiger partial charge < -0.3 is 0 Å². The van der Waals surface area contributed by atoms with Crippen molar-refractivity contribution in [1.29, 1.82) is 0 Å². The number of thiophene rings is 1. The molecule has 3 rings (SSSR count). The fourth-order valence-corrected chi connectivity index (χ4v) is 2.62. The summed E-state index contributed by atoms with van der Waals surface area (Å²) in [7, 11) is 1.69. The Morgan fingerprint density at radius 2 is 1.88 bits per heavy atom. The van der Waals surface area contributed by atoms with Gasteiger partial charge in [-0.3, -0.25) is 4.79 Å². The minimum atomic E-state index is -0.0547. The molecule has 1 aromatic carbocycles. The van der Waals surface area contributed by atoms with E-state index in [1.54, 1.807) is 18.4 Å². The molecule has 0 aliphatic rings. The van der Waals surface area contributed by atoms with Crippen LogP contribution in [0.2, 0.25) is 0 Å². The van der Waals surface area contributed by atoms with Gasteiger partial charge in [-0.25, -0.2) is 4.68 Å². The van der Waals surface area contributed by atoms with E-state index in [1.807, 2.05) is 41.8 Å². The maximum absolute atomic E-state index is 12.0. The van der Waals surface area contributed by atoms with Crippen LogP contribution in [0.4, 0.5) is 0 Å². The fourth-order valence-electron chi connectivity index (χ4n) is 1.90. The van der Waals surface area contributed by atoms with Crippen LogP contribution in [-0.4, -0.2) is 9.78 Å². The Morgan fingerprint density at radius 1 is 1.12 bits per heavy atom. The SMILES string of the molecule is Cn1nc(-c2cccs2)c2ccccc2c1=O. The lowest BCUT2D eigenvalue weighted by molar-refractivity contribution is 0.723. The van der Waals surface area contributed by atoms with Gasteiger partial charge in [0.25, 0.3) is 5.56 Å². The Labute approximate surface area is 102 Å². The van der Waals surface area contributed by atoms with Gasteiger partial charge >= 0.3 is 0 Å². The highest BCUT2D eigenvalue weighted by Crippen LogP contribution is 2.27. The van der Waals surface area contributed by atoms with Gasteiger partial charge in [0, 0.05) is 12.4 Å². The van der Waals surface area contributed by atoms with E-state index < -0.39 is 0 Å². The molecule has 0 saturated heterocycles. The zero-order chi connectivity index (χ0) is 11.8. The number of hydrogen-bond acceptors (Lipinski definition) is 3. The minimum absolute atomic E-state index is 0.0547. The zero-order valence-electron chi connectivity index (χ0n) is 9.25. The molecule has 0 fully saturated rings. The molecule has 0 spiro atoms.